The van der Waals surface area contributed by atoms with Crippen LogP contribution in [0.4, 0.5) is 0 Å². The van der Waals surface area contributed by atoms with Crippen molar-refractivity contribution in [2.75, 3.05) is 13.2 Å². The van der Waals surface area contributed by atoms with E-state index in [2.05, 4.69) is 5.32 Å². The second kappa shape index (κ2) is 5.80. The SMILES string of the molecule is CC(C)(O)c1cccc(C(=O)NCCCO)c1. The summed E-state index contributed by atoms with van der Waals surface area (Å²) in [6.45, 7) is 3.86. The summed E-state index contributed by atoms with van der Waals surface area (Å²) < 4.78 is 0. The zero-order valence-corrected chi connectivity index (χ0v) is 10.2. The van der Waals surface area contributed by atoms with Crippen LogP contribution in [0.1, 0.15) is 36.2 Å². The number of carbonyl (C=O) groups is 1. The zero-order chi connectivity index (χ0) is 12.9. The van der Waals surface area contributed by atoms with Gasteiger partial charge in [-0.05, 0) is 38.0 Å². The highest BCUT2D eigenvalue weighted by molar-refractivity contribution is 5.94. The van der Waals surface area contributed by atoms with Crippen molar-refractivity contribution < 1.29 is 15.0 Å². The highest BCUT2D eigenvalue weighted by Crippen LogP contribution is 2.20. The Morgan fingerprint density at radius 2 is 2.12 bits per heavy atom. The lowest BCUT2D eigenvalue weighted by atomic mass is 9.96. The lowest BCUT2D eigenvalue weighted by molar-refractivity contribution is 0.0784. The van der Waals surface area contributed by atoms with E-state index in [1.54, 1.807) is 38.1 Å². The molecular weight excluding hydrogens is 218 g/mol. The molecule has 0 atom stereocenters. The molecule has 0 heterocycles. The van der Waals surface area contributed by atoms with Gasteiger partial charge in [0.25, 0.3) is 5.91 Å². The number of amides is 1. The van der Waals surface area contributed by atoms with E-state index < -0.39 is 5.60 Å². The van der Waals surface area contributed by atoms with E-state index in [9.17, 15) is 9.90 Å². The van der Waals surface area contributed by atoms with E-state index in [-0.39, 0.29) is 12.5 Å². The molecule has 4 nitrogen and oxygen atoms in total. The molecule has 0 aliphatic carbocycles. The highest BCUT2D eigenvalue weighted by Gasteiger charge is 2.17. The van der Waals surface area contributed by atoms with Crippen molar-refractivity contribution in [1.82, 2.24) is 5.32 Å². The van der Waals surface area contributed by atoms with Gasteiger partial charge in [-0.1, -0.05) is 12.1 Å². The van der Waals surface area contributed by atoms with Gasteiger partial charge in [-0.25, -0.2) is 0 Å². The van der Waals surface area contributed by atoms with Gasteiger partial charge in [0, 0.05) is 18.7 Å². The van der Waals surface area contributed by atoms with Crippen molar-refractivity contribution in [3.05, 3.63) is 35.4 Å². The molecule has 4 heteroatoms. The van der Waals surface area contributed by atoms with Gasteiger partial charge in [-0.3, -0.25) is 4.79 Å². The monoisotopic (exact) mass is 237 g/mol. The lowest BCUT2D eigenvalue weighted by Gasteiger charge is -2.18. The quantitative estimate of drug-likeness (QED) is 0.670. The maximum Gasteiger partial charge on any atom is 0.251 e. The summed E-state index contributed by atoms with van der Waals surface area (Å²) in [5, 5.41) is 21.2. The van der Waals surface area contributed by atoms with Crippen LogP contribution in [0.15, 0.2) is 24.3 Å². The minimum atomic E-state index is -0.957. The summed E-state index contributed by atoms with van der Waals surface area (Å²) in [6, 6.07) is 6.90. The Bertz CT molecular complexity index is 382. The topological polar surface area (TPSA) is 69.6 Å². The van der Waals surface area contributed by atoms with Crippen molar-refractivity contribution in [2.45, 2.75) is 25.9 Å². The minimum Gasteiger partial charge on any atom is -0.396 e. The summed E-state index contributed by atoms with van der Waals surface area (Å²) in [4.78, 5) is 11.7. The molecule has 0 aromatic heterocycles. The fourth-order valence-electron chi connectivity index (χ4n) is 1.42. The predicted molar refractivity (Wildman–Crippen MR) is 65.7 cm³/mol. The molecule has 1 amide bonds. The Morgan fingerprint density at radius 1 is 1.41 bits per heavy atom. The number of carbonyl (C=O) groups excluding carboxylic acids is 1. The summed E-state index contributed by atoms with van der Waals surface area (Å²) in [7, 11) is 0. The molecule has 3 N–H and O–H groups in total. The normalized spacial score (nSPS) is 11.3. The van der Waals surface area contributed by atoms with Crippen LogP contribution in [0, 0.1) is 0 Å². The van der Waals surface area contributed by atoms with E-state index in [4.69, 9.17) is 5.11 Å². The number of aliphatic hydroxyl groups is 2. The standard InChI is InChI=1S/C13H19NO3/c1-13(2,17)11-6-3-5-10(9-11)12(16)14-7-4-8-15/h3,5-6,9,15,17H,4,7-8H2,1-2H3,(H,14,16). The van der Waals surface area contributed by atoms with Crippen LogP contribution in [-0.2, 0) is 5.60 Å². The molecule has 0 unspecified atom stereocenters. The molecule has 0 aliphatic heterocycles. The first kappa shape index (κ1) is 13.7. The molecule has 0 radical (unpaired) electrons. The lowest BCUT2D eigenvalue weighted by Crippen LogP contribution is -2.25. The molecule has 94 valence electrons. The van der Waals surface area contributed by atoms with Crippen LogP contribution in [-0.4, -0.2) is 29.3 Å². The summed E-state index contributed by atoms with van der Waals surface area (Å²) >= 11 is 0. The largest absolute Gasteiger partial charge is 0.396 e. The zero-order valence-electron chi connectivity index (χ0n) is 10.2. The van der Waals surface area contributed by atoms with Crippen LogP contribution < -0.4 is 5.32 Å². The Hall–Kier alpha value is -1.39. The molecule has 0 fully saturated rings. The van der Waals surface area contributed by atoms with Crippen molar-refractivity contribution >= 4 is 5.91 Å². The van der Waals surface area contributed by atoms with E-state index in [0.29, 0.717) is 24.1 Å². The number of aliphatic hydroxyl groups excluding tert-OH is 1. The second-order valence-electron chi connectivity index (χ2n) is 4.47. The van der Waals surface area contributed by atoms with E-state index >= 15 is 0 Å². The molecule has 0 bridgehead atoms. The van der Waals surface area contributed by atoms with Gasteiger partial charge in [0.2, 0.25) is 0 Å². The van der Waals surface area contributed by atoms with E-state index in [0.717, 1.165) is 0 Å². The fraction of sp³-hybridized carbons (Fsp3) is 0.462. The Morgan fingerprint density at radius 3 is 2.71 bits per heavy atom. The average Bonchev–Trinajstić information content (AvgIpc) is 2.28. The van der Waals surface area contributed by atoms with Crippen LogP contribution in [0.3, 0.4) is 0 Å². The smallest absolute Gasteiger partial charge is 0.251 e. The number of nitrogens with one attached hydrogen (secondary N) is 1. The highest BCUT2D eigenvalue weighted by atomic mass is 16.3. The van der Waals surface area contributed by atoms with Crippen LogP contribution in [0.25, 0.3) is 0 Å². The molecule has 0 aliphatic rings. The summed E-state index contributed by atoms with van der Waals surface area (Å²) in [5.74, 6) is -0.190. The molecule has 1 aromatic carbocycles. The van der Waals surface area contributed by atoms with Gasteiger partial charge in [-0.2, -0.15) is 0 Å². The molecule has 0 saturated heterocycles. The first-order chi connectivity index (χ1) is 7.95. The van der Waals surface area contributed by atoms with Gasteiger partial charge in [0.05, 0.1) is 5.60 Å². The fourth-order valence-corrected chi connectivity index (χ4v) is 1.42. The van der Waals surface area contributed by atoms with E-state index in [1.165, 1.54) is 0 Å². The van der Waals surface area contributed by atoms with Crippen LogP contribution in [0.5, 0.6) is 0 Å². The molecule has 1 aromatic rings. The average molecular weight is 237 g/mol. The third-order valence-electron chi connectivity index (χ3n) is 2.45. The first-order valence-corrected chi connectivity index (χ1v) is 5.67. The maximum absolute atomic E-state index is 11.7. The third-order valence-corrected chi connectivity index (χ3v) is 2.45. The van der Waals surface area contributed by atoms with Crippen molar-refractivity contribution in [1.29, 1.82) is 0 Å². The molecule has 0 saturated carbocycles. The molecule has 1 rings (SSSR count). The number of hydrogen-bond donors (Lipinski definition) is 3. The Kier molecular flexibility index (Phi) is 4.66. The van der Waals surface area contributed by atoms with Crippen molar-refractivity contribution in [3.63, 3.8) is 0 Å². The van der Waals surface area contributed by atoms with Gasteiger partial charge < -0.3 is 15.5 Å². The summed E-state index contributed by atoms with van der Waals surface area (Å²) in [5.41, 5.74) is 0.261. The number of hydrogen-bond acceptors (Lipinski definition) is 3. The molecular formula is C13H19NO3. The number of rotatable bonds is 5. The second-order valence-corrected chi connectivity index (χ2v) is 4.47. The Balaban J connectivity index is 2.74. The maximum atomic E-state index is 11.7. The van der Waals surface area contributed by atoms with E-state index in [1.807, 2.05) is 0 Å². The van der Waals surface area contributed by atoms with Gasteiger partial charge in [0.15, 0.2) is 0 Å². The third kappa shape index (κ3) is 4.17. The Labute approximate surface area is 101 Å². The van der Waals surface area contributed by atoms with Crippen molar-refractivity contribution in [3.8, 4) is 0 Å². The predicted octanol–water partition coefficient (Wildman–Crippen LogP) is 1.03. The molecule has 17 heavy (non-hydrogen) atoms. The minimum absolute atomic E-state index is 0.0595. The van der Waals surface area contributed by atoms with Crippen LogP contribution >= 0.6 is 0 Å². The van der Waals surface area contributed by atoms with Crippen LogP contribution in [0.2, 0.25) is 0 Å². The van der Waals surface area contributed by atoms with Gasteiger partial charge >= 0.3 is 0 Å². The molecule has 0 spiro atoms. The van der Waals surface area contributed by atoms with Gasteiger partial charge in [-0.15, -0.1) is 0 Å². The number of benzene rings is 1. The summed E-state index contributed by atoms with van der Waals surface area (Å²) in [6.07, 6.45) is 0.539. The first-order valence-electron chi connectivity index (χ1n) is 5.67. The van der Waals surface area contributed by atoms with Crippen molar-refractivity contribution in [2.24, 2.45) is 0 Å². The van der Waals surface area contributed by atoms with Gasteiger partial charge in [0.1, 0.15) is 0 Å².